The van der Waals surface area contributed by atoms with Crippen molar-refractivity contribution in [1.82, 2.24) is 20.1 Å². The standard InChI is InChI=1S/C23H22Cl3FN4O3/c1-2-34-22(33)4-3-7-31-20(29-23(30-31)15-5-6-18(26)19(27)10-15)12-21(32)28-13-14-8-16(24)11-17(25)9-14/h5-6,8-11H,2-4,7,12-13H2,1H3,(H,28,32). The van der Waals surface area contributed by atoms with Crippen LogP contribution in [0.3, 0.4) is 0 Å². The number of esters is 1. The topological polar surface area (TPSA) is 86.1 Å². The highest BCUT2D eigenvalue weighted by Gasteiger charge is 2.17. The second-order valence-corrected chi connectivity index (χ2v) is 8.62. The first-order valence-electron chi connectivity index (χ1n) is 10.5. The zero-order valence-corrected chi connectivity index (χ0v) is 20.6. The molecule has 1 amide bonds. The molecule has 1 N–H and O–H groups in total. The van der Waals surface area contributed by atoms with Crippen LogP contribution in [0.2, 0.25) is 15.1 Å². The Morgan fingerprint density at radius 1 is 1.12 bits per heavy atom. The molecule has 0 unspecified atom stereocenters. The lowest BCUT2D eigenvalue weighted by molar-refractivity contribution is -0.143. The number of carbonyl (C=O) groups is 2. The zero-order chi connectivity index (χ0) is 24.7. The molecule has 7 nitrogen and oxygen atoms in total. The molecule has 0 fully saturated rings. The normalized spacial score (nSPS) is 10.9. The minimum Gasteiger partial charge on any atom is -0.466 e. The number of amides is 1. The van der Waals surface area contributed by atoms with Crippen LogP contribution < -0.4 is 5.32 Å². The lowest BCUT2D eigenvalue weighted by Gasteiger charge is -2.08. The molecule has 3 rings (SSSR count). The third-order valence-corrected chi connectivity index (χ3v) is 5.46. The Labute approximate surface area is 211 Å². The van der Waals surface area contributed by atoms with E-state index in [0.29, 0.717) is 41.0 Å². The fourth-order valence-corrected chi connectivity index (χ4v) is 3.86. The molecule has 0 radical (unpaired) electrons. The summed E-state index contributed by atoms with van der Waals surface area (Å²) in [6.07, 6.45) is 0.558. The smallest absolute Gasteiger partial charge is 0.305 e. The van der Waals surface area contributed by atoms with Gasteiger partial charge in [-0.2, -0.15) is 5.10 Å². The number of ether oxygens (including phenoxy) is 1. The first kappa shape index (κ1) is 25.9. The van der Waals surface area contributed by atoms with Crippen LogP contribution in [0.15, 0.2) is 36.4 Å². The van der Waals surface area contributed by atoms with Gasteiger partial charge in [0.2, 0.25) is 5.91 Å². The molecule has 3 aromatic rings. The number of rotatable bonds is 10. The Morgan fingerprint density at radius 2 is 1.85 bits per heavy atom. The second kappa shape index (κ2) is 12.1. The number of aromatic nitrogens is 3. The van der Waals surface area contributed by atoms with Crippen LogP contribution in [-0.2, 0) is 33.8 Å². The van der Waals surface area contributed by atoms with E-state index < -0.39 is 5.82 Å². The summed E-state index contributed by atoms with van der Waals surface area (Å²) in [6, 6.07) is 9.26. The molecule has 0 saturated carbocycles. The minimum atomic E-state index is -0.600. The van der Waals surface area contributed by atoms with Gasteiger partial charge in [0.15, 0.2) is 5.82 Å². The summed E-state index contributed by atoms with van der Waals surface area (Å²) in [6.45, 7) is 2.60. The molecule has 0 bridgehead atoms. The monoisotopic (exact) mass is 526 g/mol. The maximum atomic E-state index is 13.9. The van der Waals surface area contributed by atoms with Crippen LogP contribution in [0.4, 0.5) is 4.39 Å². The Bertz CT molecular complexity index is 1170. The van der Waals surface area contributed by atoms with Gasteiger partial charge < -0.3 is 10.1 Å². The Balaban J connectivity index is 1.74. The van der Waals surface area contributed by atoms with Gasteiger partial charge in [0, 0.05) is 35.1 Å². The number of carbonyl (C=O) groups excluding carboxylic acids is 2. The van der Waals surface area contributed by atoms with Gasteiger partial charge in [-0.1, -0.05) is 34.8 Å². The van der Waals surface area contributed by atoms with Crippen molar-refractivity contribution in [3.05, 3.63) is 68.7 Å². The highest BCUT2D eigenvalue weighted by Crippen LogP contribution is 2.23. The lowest BCUT2D eigenvalue weighted by Crippen LogP contribution is -2.26. The fraction of sp³-hybridized carbons (Fsp3) is 0.304. The van der Waals surface area contributed by atoms with Crippen molar-refractivity contribution >= 4 is 46.7 Å². The first-order valence-corrected chi connectivity index (χ1v) is 11.6. The van der Waals surface area contributed by atoms with E-state index in [1.807, 2.05) is 0 Å². The summed E-state index contributed by atoms with van der Waals surface area (Å²) >= 11 is 17.8. The van der Waals surface area contributed by atoms with E-state index in [2.05, 4.69) is 15.4 Å². The van der Waals surface area contributed by atoms with E-state index in [1.54, 1.807) is 31.2 Å². The Kier molecular flexibility index (Phi) is 9.27. The molecule has 2 aromatic carbocycles. The summed E-state index contributed by atoms with van der Waals surface area (Å²) in [4.78, 5) is 28.7. The predicted molar refractivity (Wildman–Crippen MR) is 128 cm³/mol. The second-order valence-electron chi connectivity index (χ2n) is 7.34. The van der Waals surface area contributed by atoms with Crippen molar-refractivity contribution in [1.29, 1.82) is 0 Å². The molecule has 0 aliphatic rings. The van der Waals surface area contributed by atoms with Crippen molar-refractivity contribution in [2.45, 2.75) is 39.3 Å². The summed E-state index contributed by atoms with van der Waals surface area (Å²) in [5, 5.41) is 8.14. The number of aryl methyl sites for hydroxylation is 1. The number of nitrogens with one attached hydrogen (secondary N) is 1. The Morgan fingerprint density at radius 3 is 2.53 bits per heavy atom. The molecule has 11 heteroatoms. The van der Waals surface area contributed by atoms with E-state index in [4.69, 9.17) is 39.5 Å². The molecular formula is C23H22Cl3FN4O3. The minimum absolute atomic E-state index is 0.0154. The molecule has 0 aliphatic heterocycles. The average Bonchev–Trinajstić information content (AvgIpc) is 3.16. The van der Waals surface area contributed by atoms with Crippen LogP contribution in [-0.4, -0.2) is 33.2 Å². The Hall–Kier alpha value is -2.68. The van der Waals surface area contributed by atoms with Crippen LogP contribution >= 0.6 is 34.8 Å². The maximum Gasteiger partial charge on any atom is 0.305 e. The lowest BCUT2D eigenvalue weighted by atomic mass is 10.2. The molecule has 0 spiro atoms. The van der Waals surface area contributed by atoms with Crippen molar-refractivity contribution in [3.63, 3.8) is 0 Å². The van der Waals surface area contributed by atoms with Gasteiger partial charge in [-0.25, -0.2) is 14.1 Å². The van der Waals surface area contributed by atoms with Crippen molar-refractivity contribution in [2.24, 2.45) is 0 Å². The van der Waals surface area contributed by atoms with Gasteiger partial charge in [-0.3, -0.25) is 9.59 Å². The number of hydrogen-bond donors (Lipinski definition) is 1. The predicted octanol–water partition coefficient (Wildman–Crippen LogP) is 5.25. The third kappa shape index (κ3) is 7.41. The molecule has 1 aromatic heterocycles. The van der Waals surface area contributed by atoms with Gasteiger partial charge >= 0.3 is 5.97 Å². The van der Waals surface area contributed by atoms with Crippen LogP contribution in [0.5, 0.6) is 0 Å². The van der Waals surface area contributed by atoms with Crippen LogP contribution in [0.25, 0.3) is 11.4 Å². The number of nitrogens with zero attached hydrogens (tertiary/aromatic N) is 3. The number of benzene rings is 2. The van der Waals surface area contributed by atoms with E-state index in [1.165, 1.54) is 16.8 Å². The summed E-state index contributed by atoms with van der Waals surface area (Å²) in [7, 11) is 0. The van der Waals surface area contributed by atoms with Gasteiger partial charge in [0.1, 0.15) is 11.6 Å². The summed E-state index contributed by atoms with van der Waals surface area (Å²) in [5.74, 6) is -0.602. The van der Waals surface area contributed by atoms with Crippen molar-refractivity contribution in [3.8, 4) is 11.4 Å². The van der Waals surface area contributed by atoms with E-state index in [0.717, 1.165) is 5.56 Å². The molecule has 0 aliphatic carbocycles. The fourth-order valence-electron chi connectivity index (χ4n) is 3.17. The van der Waals surface area contributed by atoms with Gasteiger partial charge in [-0.05, 0) is 55.3 Å². The average molecular weight is 528 g/mol. The van der Waals surface area contributed by atoms with Gasteiger partial charge in [-0.15, -0.1) is 0 Å². The van der Waals surface area contributed by atoms with E-state index >= 15 is 0 Å². The molecular weight excluding hydrogens is 506 g/mol. The zero-order valence-electron chi connectivity index (χ0n) is 18.3. The van der Waals surface area contributed by atoms with Crippen LogP contribution in [0, 0.1) is 5.82 Å². The molecule has 0 saturated heterocycles. The van der Waals surface area contributed by atoms with Crippen LogP contribution in [0.1, 0.15) is 31.2 Å². The molecule has 180 valence electrons. The molecule has 34 heavy (non-hydrogen) atoms. The molecule has 1 heterocycles. The highest BCUT2D eigenvalue weighted by molar-refractivity contribution is 6.34. The first-order chi connectivity index (χ1) is 16.2. The highest BCUT2D eigenvalue weighted by atomic mass is 35.5. The van der Waals surface area contributed by atoms with Gasteiger partial charge in [0.05, 0.1) is 18.1 Å². The summed E-state index contributed by atoms with van der Waals surface area (Å²) in [5.41, 5.74) is 1.17. The quantitative estimate of drug-likeness (QED) is 0.364. The molecule has 0 atom stereocenters. The summed E-state index contributed by atoms with van der Waals surface area (Å²) < 4.78 is 20.4. The third-order valence-electron chi connectivity index (χ3n) is 4.71. The largest absolute Gasteiger partial charge is 0.466 e. The van der Waals surface area contributed by atoms with Crippen molar-refractivity contribution < 1.29 is 18.7 Å². The SMILES string of the molecule is CCOC(=O)CCCn1nc(-c2ccc(Cl)c(F)c2)nc1CC(=O)NCc1cc(Cl)cc(Cl)c1. The van der Waals surface area contributed by atoms with Crippen molar-refractivity contribution in [2.75, 3.05) is 6.61 Å². The maximum absolute atomic E-state index is 13.9. The number of hydrogen-bond acceptors (Lipinski definition) is 5. The van der Waals surface area contributed by atoms with Gasteiger partial charge in [0.25, 0.3) is 0 Å². The van der Waals surface area contributed by atoms with E-state index in [9.17, 15) is 14.0 Å². The van der Waals surface area contributed by atoms with E-state index in [-0.39, 0.29) is 42.1 Å². The number of halogens is 4.